The predicted octanol–water partition coefficient (Wildman–Crippen LogP) is 4.00. The van der Waals surface area contributed by atoms with E-state index in [2.05, 4.69) is 13.0 Å². The van der Waals surface area contributed by atoms with Crippen molar-refractivity contribution < 1.29 is 9.90 Å². The lowest BCUT2D eigenvalue weighted by atomic mass is 10.3. The van der Waals surface area contributed by atoms with Gasteiger partial charge in [-0.25, -0.2) is 4.79 Å². The standard InChI is InChI=1S/C14H15NO2S/c1-2-12-8-9-13(18-12)10-15(14(16)17)11-6-4-3-5-7-11/h3-9H,2,10H2,1H3,(H,16,17). The van der Waals surface area contributed by atoms with Crippen LogP contribution in [0.5, 0.6) is 0 Å². The van der Waals surface area contributed by atoms with Gasteiger partial charge in [0, 0.05) is 15.4 Å². The molecule has 1 N–H and O–H groups in total. The molecule has 0 bridgehead atoms. The fourth-order valence-electron chi connectivity index (χ4n) is 1.73. The summed E-state index contributed by atoms with van der Waals surface area (Å²) in [5, 5.41) is 9.28. The van der Waals surface area contributed by atoms with Crippen LogP contribution in [0.15, 0.2) is 42.5 Å². The molecule has 2 aromatic rings. The highest BCUT2D eigenvalue weighted by molar-refractivity contribution is 7.12. The summed E-state index contributed by atoms with van der Waals surface area (Å²) in [5.74, 6) is 0. The van der Waals surface area contributed by atoms with Crippen LogP contribution in [0.2, 0.25) is 0 Å². The lowest BCUT2D eigenvalue weighted by Gasteiger charge is -2.18. The summed E-state index contributed by atoms with van der Waals surface area (Å²) >= 11 is 1.67. The van der Waals surface area contributed by atoms with Crippen LogP contribution in [0.1, 0.15) is 16.7 Å². The van der Waals surface area contributed by atoms with Crippen molar-refractivity contribution in [1.82, 2.24) is 0 Å². The van der Waals surface area contributed by atoms with Gasteiger partial charge in [0.1, 0.15) is 0 Å². The minimum Gasteiger partial charge on any atom is -0.465 e. The molecule has 4 heteroatoms. The van der Waals surface area contributed by atoms with Gasteiger partial charge in [-0.15, -0.1) is 11.3 Å². The Hall–Kier alpha value is -1.81. The number of thiophene rings is 1. The number of rotatable bonds is 4. The molecular weight excluding hydrogens is 246 g/mol. The van der Waals surface area contributed by atoms with Gasteiger partial charge >= 0.3 is 6.09 Å². The van der Waals surface area contributed by atoms with Gasteiger partial charge in [0.25, 0.3) is 0 Å². The second kappa shape index (κ2) is 5.69. The third-order valence-corrected chi connectivity index (χ3v) is 3.89. The van der Waals surface area contributed by atoms with Gasteiger partial charge in [-0.05, 0) is 30.7 Å². The van der Waals surface area contributed by atoms with Crippen molar-refractivity contribution in [3.8, 4) is 0 Å². The number of benzene rings is 1. The molecule has 0 spiro atoms. The number of hydrogen-bond acceptors (Lipinski definition) is 2. The van der Waals surface area contributed by atoms with E-state index in [0.29, 0.717) is 12.2 Å². The maximum Gasteiger partial charge on any atom is 0.412 e. The molecule has 0 aliphatic heterocycles. The van der Waals surface area contributed by atoms with Crippen LogP contribution in [0.25, 0.3) is 0 Å². The summed E-state index contributed by atoms with van der Waals surface area (Å²) in [6.07, 6.45) is 0.0657. The molecule has 94 valence electrons. The van der Waals surface area contributed by atoms with E-state index in [9.17, 15) is 9.90 Å². The molecule has 1 amide bonds. The van der Waals surface area contributed by atoms with Crippen LogP contribution in [-0.2, 0) is 13.0 Å². The summed E-state index contributed by atoms with van der Waals surface area (Å²) in [5.41, 5.74) is 0.705. The molecule has 0 radical (unpaired) electrons. The lowest BCUT2D eigenvalue weighted by molar-refractivity contribution is 0.201. The molecule has 0 aliphatic carbocycles. The van der Waals surface area contributed by atoms with Crippen LogP contribution in [-0.4, -0.2) is 11.2 Å². The summed E-state index contributed by atoms with van der Waals surface area (Å²) in [6, 6.07) is 13.2. The van der Waals surface area contributed by atoms with Crippen LogP contribution >= 0.6 is 11.3 Å². The lowest BCUT2D eigenvalue weighted by Crippen LogP contribution is -2.28. The Morgan fingerprint density at radius 3 is 2.39 bits per heavy atom. The topological polar surface area (TPSA) is 40.5 Å². The molecule has 3 nitrogen and oxygen atoms in total. The number of aryl methyl sites for hydroxylation is 1. The van der Waals surface area contributed by atoms with E-state index in [1.54, 1.807) is 11.3 Å². The van der Waals surface area contributed by atoms with Crippen LogP contribution in [0.3, 0.4) is 0 Å². The molecule has 1 aromatic heterocycles. The molecule has 0 atom stereocenters. The molecule has 18 heavy (non-hydrogen) atoms. The smallest absolute Gasteiger partial charge is 0.412 e. The SMILES string of the molecule is CCc1ccc(CN(C(=O)O)c2ccccc2)s1. The Balaban J connectivity index is 2.19. The molecule has 1 aromatic carbocycles. The summed E-state index contributed by atoms with van der Waals surface area (Å²) in [4.78, 5) is 15.0. The van der Waals surface area contributed by atoms with E-state index < -0.39 is 6.09 Å². The third kappa shape index (κ3) is 2.90. The first kappa shape index (κ1) is 12.6. The van der Waals surface area contributed by atoms with Gasteiger partial charge in [0.15, 0.2) is 0 Å². The van der Waals surface area contributed by atoms with E-state index in [-0.39, 0.29) is 0 Å². The number of carboxylic acid groups (broad SMARTS) is 1. The average molecular weight is 261 g/mol. The molecule has 1 heterocycles. The Morgan fingerprint density at radius 2 is 1.83 bits per heavy atom. The van der Waals surface area contributed by atoms with E-state index in [0.717, 1.165) is 11.3 Å². The van der Waals surface area contributed by atoms with Gasteiger partial charge < -0.3 is 5.11 Å². The van der Waals surface area contributed by atoms with Crippen molar-refractivity contribution in [2.75, 3.05) is 4.90 Å². The van der Waals surface area contributed by atoms with Crippen molar-refractivity contribution in [2.45, 2.75) is 19.9 Å². The molecular formula is C14H15NO2S. The van der Waals surface area contributed by atoms with Crippen molar-refractivity contribution >= 4 is 23.1 Å². The fourth-order valence-corrected chi connectivity index (χ4v) is 2.68. The maximum atomic E-state index is 11.3. The number of anilines is 1. The maximum absolute atomic E-state index is 11.3. The van der Waals surface area contributed by atoms with Gasteiger partial charge in [-0.3, -0.25) is 4.90 Å². The summed E-state index contributed by atoms with van der Waals surface area (Å²) < 4.78 is 0. The minimum atomic E-state index is -0.923. The summed E-state index contributed by atoms with van der Waals surface area (Å²) in [6.45, 7) is 2.51. The van der Waals surface area contributed by atoms with Gasteiger partial charge in [-0.2, -0.15) is 0 Å². The number of nitrogens with zero attached hydrogens (tertiary/aromatic N) is 1. The fraction of sp³-hybridized carbons (Fsp3) is 0.214. The van der Waals surface area contributed by atoms with E-state index in [4.69, 9.17) is 0 Å². The third-order valence-electron chi connectivity index (χ3n) is 2.68. The van der Waals surface area contributed by atoms with Gasteiger partial charge in [-0.1, -0.05) is 25.1 Å². The average Bonchev–Trinajstić information content (AvgIpc) is 2.84. The second-order valence-electron chi connectivity index (χ2n) is 3.93. The number of carbonyl (C=O) groups is 1. The molecule has 0 saturated heterocycles. The van der Waals surface area contributed by atoms with Gasteiger partial charge in [0.2, 0.25) is 0 Å². The zero-order valence-corrected chi connectivity index (χ0v) is 11.0. The summed E-state index contributed by atoms with van der Waals surface area (Å²) in [7, 11) is 0. The quantitative estimate of drug-likeness (QED) is 0.903. The van der Waals surface area contributed by atoms with Crippen LogP contribution in [0.4, 0.5) is 10.5 Å². The Bertz CT molecular complexity index is 522. The molecule has 0 unspecified atom stereocenters. The van der Waals surface area contributed by atoms with Crippen molar-refractivity contribution in [3.63, 3.8) is 0 Å². The highest BCUT2D eigenvalue weighted by Gasteiger charge is 2.15. The number of para-hydroxylation sites is 1. The Kier molecular flexibility index (Phi) is 3.99. The zero-order chi connectivity index (χ0) is 13.0. The van der Waals surface area contributed by atoms with Crippen LogP contribution < -0.4 is 4.90 Å². The van der Waals surface area contributed by atoms with Gasteiger partial charge in [0.05, 0.1) is 6.54 Å². The van der Waals surface area contributed by atoms with Crippen LogP contribution in [0, 0.1) is 0 Å². The second-order valence-corrected chi connectivity index (χ2v) is 5.18. The van der Waals surface area contributed by atoms with E-state index in [1.165, 1.54) is 9.78 Å². The van der Waals surface area contributed by atoms with Crippen molar-refractivity contribution in [3.05, 3.63) is 52.2 Å². The number of hydrogen-bond donors (Lipinski definition) is 1. The monoisotopic (exact) mass is 261 g/mol. The first-order valence-corrected chi connectivity index (χ1v) is 6.65. The Morgan fingerprint density at radius 1 is 1.17 bits per heavy atom. The van der Waals surface area contributed by atoms with Crippen molar-refractivity contribution in [1.29, 1.82) is 0 Å². The van der Waals surface area contributed by atoms with Crippen molar-refractivity contribution in [2.24, 2.45) is 0 Å². The highest BCUT2D eigenvalue weighted by atomic mass is 32.1. The normalized spacial score (nSPS) is 10.3. The minimum absolute atomic E-state index is 0.407. The predicted molar refractivity (Wildman–Crippen MR) is 74.3 cm³/mol. The Labute approximate surface area is 110 Å². The first-order valence-electron chi connectivity index (χ1n) is 5.84. The molecule has 0 fully saturated rings. The first-order chi connectivity index (χ1) is 8.70. The molecule has 0 aliphatic rings. The largest absolute Gasteiger partial charge is 0.465 e. The molecule has 0 saturated carbocycles. The number of amides is 1. The molecule has 2 rings (SSSR count). The van der Waals surface area contributed by atoms with E-state index in [1.807, 2.05) is 36.4 Å². The highest BCUT2D eigenvalue weighted by Crippen LogP contribution is 2.22. The zero-order valence-electron chi connectivity index (χ0n) is 10.2. The van der Waals surface area contributed by atoms with E-state index >= 15 is 0 Å².